The van der Waals surface area contributed by atoms with Gasteiger partial charge in [0.1, 0.15) is 5.69 Å². The number of nitrogens with one attached hydrogen (secondary N) is 2. The quantitative estimate of drug-likeness (QED) is 0.671. The van der Waals surface area contributed by atoms with E-state index in [1.54, 1.807) is 6.20 Å². The molecule has 0 aliphatic carbocycles. The van der Waals surface area contributed by atoms with Gasteiger partial charge in [-0.25, -0.2) is 0 Å². The molecule has 0 saturated carbocycles. The maximum atomic E-state index is 13.4. The summed E-state index contributed by atoms with van der Waals surface area (Å²) in [6.07, 6.45) is 4.77. The molecule has 1 aliphatic rings. The highest BCUT2D eigenvalue weighted by atomic mass is 35.5. The minimum absolute atomic E-state index is 0. The summed E-state index contributed by atoms with van der Waals surface area (Å²) in [6, 6.07) is 17.8. The van der Waals surface area contributed by atoms with Crippen LogP contribution in [-0.4, -0.2) is 45.1 Å². The molecule has 1 unspecified atom stereocenters. The first-order valence-corrected chi connectivity index (χ1v) is 9.84. The number of benzene rings is 1. The summed E-state index contributed by atoms with van der Waals surface area (Å²) in [5, 5.41) is 10.7. The number of nitrogens with zero attached hydrogens (tertiary/aromatic N) is 3. The van der Waals surface area contributed by atoms with Crippen LogP contribution < -0.4 is 5.32 Å². The Hall–Kier alpha value is -2.70. The smallest absolute Gasteiger partial charge is 0.272 e. The summed E-state index contributed by atoms with van der Waals surface area (Å²) in [6.45, 7) is 2.43. The topological polar surface area (TPSA) is 73.9 Å². The van der Waals surface area contributed by atoms with Crippen molar-refractivity contribution >= 4 is 18.3 Å². The fraction of sp³-hybridized carbons (Fsp3) is 0.318. The Morgan fingerprint density at radius 1 is 1.07 bits per heavy atom. The number of rotatable bonds is 5. The van der Waals surface area contributed by atoms with Crippen molar-refractivity contribution < 1.29 is 4.79 Å². The SMILES string of the molecule is Cl.O=C(c1cc(-c2ccccc2)n[nH]1)N(Cc1ccccn1)C1CCCNCC1. The number of carbonyl (C=O) groups excluding carboxylic acids is 1. The Balaban J connectivity index is 0.00000240. The third-order valence-corrected chi connectivity index (χ3v) is 5.18. The summed E-state index contributed by atoms with van der Waals surface area (Å²) in [5.74, 6) is -0.0211. The van der Waals surface area contributed by atoms with Crippen LogP contribution in [0.2, 0.25) is 0 Å². The third kappa shape index (κ3) is 5.22. The van der Waals surface area contributed by atoms with Gasteiger partial charge in [-0.2, -0.15) is 5.10 Å². The van der Waals surface area contributed by atoms with Gasteiger partial charge in [-0.3, -0.25) is 14.9 Å². The normalized spacial score (nSPS) is 16.5. The number of amides is 1. The minimum atomic E-state index is -0.0211. The Morgan fingerprint density at radius 2 is 1.90 bits per heavy atom. The lowest BCUT2D eigenvalue weighted by Crippen LogP contribution is -2.40. The number of H-pyrrole nitrogens is 1. The average Bonchev–Trinajstić information content (AvgIpc) is 3.09. The molecule has 1 saturated heterocycles. The zero-order chi connectivity index (χ0) is 19.2. The average molecular weight is 412 g/mol. The molecule has 7 heteroatoms. The largest absolute Gasteiger partial charge is 0.328 e. The molecular weight excluding hydrogens is 386 g/mol. The highest BCUT2D eigenvalue weighted by Gasteiger charge is 2.27. The number of hydrogen-bond donors (Lipinski definition) is 2. The van der Waals surface area contributed by atoms with E-state index in [4.69, 9.17) is 0 Å². The number of hydrogen-bond acceptors (Lipinski definition) is 4. The standard InChI is InChI=1S/C22H25N5O.ClH/c28-22(21-15-20(25-26-21)17-7-2-1-3-8-17)27(16-18-9-4-5-13-24-18)19-10-6-12-23-14-11-19;/h1-5,7-9,13,15,19,23H,6,10-12,14,16H2,(H,25,26);1H. The molecular formula is C22H26ClN5O. The maximum Gasteiger partial charge on any atom is 0.272 e. The molecule has 1 aromatic carbocycles. The Bertz CT molecular complexity index is 892. The monoisotopic (exact) mass is 411 g/mol. The number of carbonyl (C=O) groups is 1. The Labute approximate surface area is 177 Å². The van der Waals surface area contributed by atoms with E-state index in [1.165, 1.54) is 0 Å². The van der Waals surface area contributed by atoms with Crippen molar-refractivity contribution in [3.05, 3.63) is 72.2 Å². The van der Waals surface area contributed by atoms with E-state index in [0.717, 1.165) is 49.3 Å². The highest BCUT2D eigenvalue weighted by molar-refractivity contribution is 5.93. The highest BCUT2D eigenvalue weighted by Crippen LogP contribution is 2.22. The van der Waals surface area contributed by atoms with Crippen LogP contribution >= 0.6 is 12.4 Å². The van der Waals surface area contributed by atoms with E-state index in [1.807, 2.05) is 59.5 Å². The van der Waals surface area contributed by atoms with Crippen molar-refractivity contribution in [1.29, 1.82) is 0 Å². The first kappa shape index (κ1) is 21.0. The summed E-state index contributed by atoms with van der Waals surface area (Å²) in [5.41, 5.74) is 3.19. The van der Waals surface area contributed by atoms with Gasteiger partial charge in [0.25, 0.3) is 5.91 Å². The van der Waals surface area contributed by atoms with Crippen molar-refractivity contribution in [2.75, 3.05) is 13.1 Å². The molecule has 2 aromatic heterocycles. The van der Waals surface area contributed by atoms with Gasteiger partial charge in [0.05, 0.1) is 17.9 Å². The first-order valence-electron chi connectivity index (χ1n) is 9.84. The van der Waals surface area contributed by atoms with Crippen LogP contribution in [0.25, 0.3) is 11.3 Å². The summed E-state index contributed by atoms with van der Waals surface area (Å²) >= 11 is 0. The van der Waals surface area contributed by atoms with Crippen molar-refractivity contribution in [3.8, 4) is 11.3 Å². The van der Waals surface area contributed by atoms with Crippen molar-refractivity contribution in [2.45, 2.75) is 31.8 Å². The molecule has 1 aliphatic heterocycles. The molecule has 0 bridgehead atoms. The lowest BCUT2D eigenvalue weighted by molar-refractivity contribution is 0.0636. The predicted molar refractivity (Wildman–Crippen MR) is 116 cm³/mol. The van der Waals surface area contributed by atoms with Gasteiger partial charge < -0.3 is 10.2 Å². The van der Waals surface area contributed by atoms with Gasteiger partial charge in [-0.1, -0.05) is 36.4 Å². The molecule has 1 atom stereocenters. The third-order valence-electron chi connectivity index (χ3n) is 5.18. The molecule has 29 heavy (non-hydrogen) atoms. The van der Waals surface area contributed by atoms with E-state index in [9.17, 15) is 4.79 Å². The number of halogens is 1. The van der Waals surface area contributed by atoms with Crippen LogP contribution in [0.1, 0.15) is 35.4 Å². The van der Waals surface area contributed by atoms with Crippen LogP contribution in [0.4, 0.5) is 0 Å². The van der Waals surface area contributed by atoms with E-state index < -0.39 is 0 Å². The van der Waals surface area contributed by atoms with Gasteiger partial charge in [0.15, 0.2) is 0 Å². The van der Waals surface area contributed by atoms with Crippen molar-refractivity contribution in [3.63, 3.8) is 0 Å². The minimum Gasteiger partial charge on any atom is -0.328 e. The van der Waals surface area contributed by atoms with E-state index in [-0.39, 0.29) is 24.4 Å². The fourth-order valence-corrected chi connectivity index (χ4v) is 3.69. The van der Waals surface area contributed by atoms with Crippen molar-refractivity contribution in [2.24, 2.45) is 0 Å². The van der Waals surface area contributed by atoms with E-state index >= 15 is 0 Å². The number of aromatic nitrogens is 3. The van der Waals surface area contributed by atoms with Crippen LogP contribution in [-0.2, 0) is 6.54 Å². The van der Waals surface area contributed by atoms with Crippen LogP contribution in [0.15, 0.2) is 60.8 Å². The second kappa shape index (κ2) is 10.2. The molecule has 152 valence electrons. The molecule has 0 radical (unpaired) electrons. The van der Waals surface area contributed by atoms with Gasteiger partial charge in [-0.05, 0) is 50.6 Å². The second-order valence-electron chi connectivity index (χ2n) is 7.12. The van der Waals surface area contributed by atoms with E-state index in [2.05, 4.69) is 20.5 Å². The zero-order valence-corrected chi connectivity index (χ0v) is 17.1. The van der Waals surface area contributed by atoms with Gasteiger partial charge >= 0.3 is 0 Å². The molecule has 0 spiro atoms. The van der Waals surface area contributed by atoms with Crippen LogP contribution in [0.5, 0.6) is 0 Å². The summed E-state index contributed by atoms with van der Waals surface area (Å²) in [4.78, 5) is 19.8. The van der Waals surface area contributed by atoms with Crippen LogP contribution in [0.3, 0.4) is 0 Å². The van der Waals surface area contributed by atoms with E-state index in [0.29, 0.717) is 12.2 Å². The summed E-state index contributed by atoms with van der Waals surface area (Å²) in [7, 11) is 0. The lowest BCUT2D eigenvalue weighted by Gasteiger charge is -2.30. The molecule has 1 amide bonds. The van der Waals surface area contributed by atoms with Crippen molar-refractivity contribution in [1.82, 2.24) is 25.4 Å². The Kier molecular flexibility index (Phi) is 7.38. The fourth-order valence-electron chi connectivity index (χ4n) is 3.69. The zero-order valence-electron chi connectivity index (χ0n) is 16.3. The second-order valence-corrected chi connectivity index (χ2v) is 7.12. The lowest BCUT2D eigenvalue weighted by atomic mass is 10.1. The number of aromatic amines is 1. The van der Waals surface area contributed by atoms with Gasteiger partial charge in [0.2, 0.25) is 0 Å². The summed E-state index contributed by atoms with van der Waals surface area (Å²) < 4.78 is 0. The maximum absolute atomic E-state index is 13.4. The van der Waals surface area contributed by atoms with Gasteiger partial charge in [-0.15, -0.1) is 12.4 Å². The molecule has 6 nitrogen and oxygen atoms in total. The first-order chi connectivity index (χ1) is 13.8. The molecule has 3 aromatic rings. The van der Waals surface area contributed by atoms with Crippen LogP contribution in [0, 0.1) is 0 Å². The van der Waals surface area contributed by atoms with Gasteiger partial charge in [0, 0.05) is 17.8 Å². The molecule has 3 heterocycles. The molecule has 1 fully saturated rings. The molecule has 2 N–H and O–H groups in total. The number of pyridine rings is 1. The molecule has 4 rings (SSSR count). The predicted octanol–water partition coefficient (Wildman–Crippen LogP) is 3.68. The Morgan fingerprint density at radius 3 is 2.69 bits per heavy atom.